The molecular weight excluding hydrogens is 769 g/mol. The highest BCUT2D eigenvalue weighted by molar-refractivity contribution is 5.49. The Hall–Kier alpha value is -5.66. The molecule has 2 aromatic heterocycles. The van der Waals surface area contributed by atoms with Gasteiger partial charge >= 0.3 is 0 Å². The van der Waals surface area contributed by atoms with Gasteiger partial charge in [0.2, 0.25) is 0 Å². The van der Waals surface area contributed by atoms with E-state index in [2.05, 4.69) is 210 Å². The number of aryl methyl sites for hydroxylation is 2. The van der Waals surface area contributed by atoms with Crippen LogP contribution in [0.4, 0.5) is 0 Å². The predicted molar refractivity (Wildman–Crippen MR) is 249 cm³/mol. The largest absolute Gasteiger partial charge is 0.297 e. The van der Waals surface area contributed by atoms with Crippen LogP contribution in [-0.2, 0) is 13.1 Å². The lowest BCUT2D eigenvalue weighted by atomic mass is 10.0. The number of rotatable bonds is 18. The fraction of sp³-hybridized carbons (Fsp3) is 0.400. The van der Waals surface area contributed by atoms with Crippen LogP contribution in [0.15, 0.2) is 133 Å². The van der Waals surface area contributed by atoms with Crippen LogP contribution in [-0.4, -0.2) is 125 Å². The van der Waals surface area contributed by atoms with Crippen molar-refractivity contribution in [2.24, 2.45) is 0 Å². The van der Waals surface area contributed by atoms with Crippen molar-refractivity contribution in [3.8, 4) is 0 Å². The normalized spacial score (nSPS) is 16.7. The summed E-state index contributed by atoms with van der Waals surface area (Å²) < 4.78 is 3.99. The second kappa shape index (κ2) is 24.1. The number of tetrazole rings is 2. The SMILES string of the molecule is CCCCn1nnnc1[C@@H](c1ccccc1)N1CCN(C/C=C/c2ccccc2)CC1.CCCCn1nnnc1[C@H](c1ccccc1)N1CCN(C/C=C/c2ccccc2)CC1. The highest BCUT2D eigenvalue weighted by Crippen LogP contribution is 2.29. The minimum absolute atomic E-state index is 0.0927. The van der Waals surface area contributed by atoms with Gasteiger partial charge in [-0.15, -0.1) is 10.2 Å². The van der Waals surface area contributed by atoms with Gasteiger partial charge in [-0.3, -0.25) is 19.6 Å². The molecule has 4 heterocycles. The van der Waals surface area contributed by atoms with E-state index in [4.69, 9.17) is 0 Å². The van der Waals surface area contributed by atoms with E-state index in [0.29, 0.717) is 0 Å². The Morgan fingerprint density at radius 1 is 0.468 bits per heavy atom. The molecule has 4 aromatic carbocycles. The molecule has 2 atom stereocenters. The summed E-state index contributed by atoms with van der Waals surface area (Å²) in [6.45, 7) is 16.3. The lowest BCUT2D eigenvalue weighted by Crippen LogP contribution is -2.48. The van der Waals surface area contributed by atoms with Crippen molar-refractivity contribution in [1.29, 1.82) is 0 Å². The number of aromatic nitrogens is 8. The number of hydrogen-bond acceptors (Lipinski definition) is 10. The Bertz CT molecular complexity index is 2020. The molecule has 2 aliphatic heterocycles. The Balaban J connectivity index is 0.000000186. The van der Waals surface area contributed by atoms with Crippen molar-refractivity contribution >= 4 is 12.2 Å². The van der Waals surface area contributed by atoms with E-state index in [-0.39, 0.29) is 12.1 Å². The molecular formula is C50H64N12. The van der Waals surface area contributed by atoms with Gasteiger partial charge < -0.3 is 0 Å². The standard InChI is InChI=1S/2C25H32N6/c2*1-2-3-17-31-25(26-27-28-31)24(23-14-8-5-9-15-23)30-20-18-29(19-21-30)16-10-13-22-11-6-4-7-12-22/h2*4-15,24H,2-3,16-21H2,1H3/b2*13-10+/t2*24-/m10/s1. The second-order valence-electron chi connectivity index (χ2n) is 16.2. The van der Waals surface area contributed by atoms with Crippen LogP contribution < -0.4 is 0 Å². The van der Waals surface area contributed by atoms with Crippen LogP contribution in [0.1, 0.15) is 85.5 Å². The molecule has 324 valence electrons. The summed E-state index contributed by atoms with van der Waals surface area (Å²) in [6.07, 6.45) is 13.4. The fourth-order valence-electron chi connectivity index (χ4n) is 8.28. The van der Waals surface area contributed by atoms with E-state index in [1.165, 1.54) is 22.3 Å². The van der Waals surface area contributed by atoms with Gasteiger partial charge in [-0.05, 0) is 55.9 Å². The summed E-state index contributed by atoms with van der Waals surface area (Å²) in [5.41, 5.74) is 5.02. The van der Waals surface area contributed by atoms with Gasteiger partial charge in [0.15, 0.2) is 11.6 Å². The third-order valence-corrected chi connectivity index (χ3v) is 11.8. The van der Waals surface area contributed by atoms with Crippen molar-refractivity contribution in [2.75, 3.05) is 65.4 Å². The molecule has 2 fully saturated rings. The topological polar surface area (TPSA) is 100 Å². The zero-order valence-corrected chi connectivity index (χ0v) is 36.7. The molecule has 0 bridgehead atoms. The van der Waals surface area contributed by atoms with Crippen molar-refractivity contribution in [1.82, 2.24) is 60.0 Å². The molecule has 8 rings (SSSR count). The summed E-state index contributed by atoms with van der Waals surface area (Å²) in [6, 6.07) is 42.5. The van der Waals surface area contributed by atoms with Crippen molar-refractivity contribution in [3.63, 3.8) is 0 Å². The van der Waals surface area contributed by atoms with Gasteiger partial charge in [-0.25, -0.2) is 9.36 Å². The third-order valence-electron chi connectivity index (χ3n) is 11.8. The number of benzene rings is 4. The molecule has 0 N–H and O–H groups in total. The Morgan fingerprint density at radius 3 is 1.18 bits per heavy atom. The molecule has 62 heavy (non-hydrogen) atoms. The van der Waals surface area contributed by atoms with Crippen LogP contribution >= 0.6 is 0 Å². The lowest BCUT2D eigenvalue weighted by Gasteiger charge is -2.38. The van der Waals surface area contributed by atoms with Gasteiger partial charge in [0.25, 0.3) is 0 Å². The van der Waals surface area contributed by atoms with E-state index in [1.807, 2.05) is 9.36 Å². The number of nitrogens with zero attached hydrogens (tertiary/aromatic N) is 12. The summed E-state index contributed by atoms with van der Waals surface area (Å²) in [5, 5.41) is 25.5. The summed E-state index contributed by atoms with van der Waals surface area (Å²) in [5.74, 6) is 1.91. The molecule has 12 heteroatoms. The van der Waals surface area contributed by atoms with Crippen molar-refractivity contribution in [2.45, 2.75) is 64.7 Å². The molecule has 0 radical (unpaired) electrons. The predicted octanol–water partition coefficient (Wildman–Crippen LogP) is 7.79. The third kappa shape index (κ3) is 12.7. The van der Waals surface area contributed by atoms with E-state index >= 15 is 0 Å². The first-order chi connectivity index (χ1) is 30.7. The fourth-order valence-corrected chi connectivity index (χ4v) is 8.28. The Labute approximate surface area is 368 Å². The summed E-state index contributed by atoms with van der Waals surface area (Å²) in [4.78, 5) is 10.1. The molecule has 0 spiro atoms. The van der Waals surface area contributed by atoms with Crippen LogP contribution in [0.2, 0.25) is 0 Å². The highest BCUT2D eigenvalue weighted by atomic mass is 15.6. The van der Waals surface area contributed by atoms with Crippen LogP contribution in [0.5, 0.6) is 0 Å². The molecule has 0 aliphatic carbocycles. The molecule has 2 saturated heterocycles. The Kier molecular flexibility index (Phi) is 17.3. The Morgan fingerprint density at radius 2 is 0.823 bits per heavy atom. The van der Waals surface area contributed by atoms with E-state index < -0.39 is 0 Å². The van der Waals surface area contributed by atoms with Gasteiger partial charge in [-0.2, -0.15) is 0 Å². The molecule has 2 aliphatic rings. The maximum absolute atomic E-state index is 4.46. The minimum Gasteiger partial charge on any atom is -0.297 e. The quantitative estimate of drug-likeness (QED) is 0.0854. The molecule has 12 nitrogen and oxygen atoms in total. The lowest BCUT2D eigenvalue weighted by molar-refractivity contribution is 0.112. The highest BCUT2D eigenvalue weighted by Gasteiger charge is 2.31. The zero-order valence-electron chi connectivity index (χ0n) is 36.7. The molecule has 0 amide bonds. The van der Waals surface area contributed by atoms with E-state index in [9.17, 15) is 0 Å². The summed E-state index contributed by atoms with van der Waals surface area (Å²) in [7, 11) is 0. The first-order valence-corrected chi connectivity index (χ1v) is 22.7. The maximum Gasteiger partial charge on any atom is 0.173 e. The minimum atomic E-state index is 0.0927. The monoisotopic (exact) mass is 833 g/mol. The van der Waals surface area contributed by atoms with Gasteiger partial charge in [0, 0.05) is 78.5 Å². The van der Waals surface area contributed by atoms with Crippen LogP contribution in [0.25, 0.3) is 12.2 Å². The number of hydrogen-bond donors (Lipinski definition) is 0. The maximum atomic E-state index is 4.46. The van der Waals surface area contributed by atoms with Crippen molar-refractivity contribution in [3.05, 3.63) is 167 Å². The van der Waals surface area contributed by atoms with E-state index in [1.54, 1.807) is 0 Å². The second-order valence-corrected chi connectivity index (χ2v) is 16.2. The average Bonchev–Trinajstić information content (AvgIpc) is 4.00. The van der Waals surface area contributed by atoms with Gasteiger partial charge in [-0.1, -0.05) is 172 Å². The van der Waals surface area contributed by atoms with E-state index in [0.717, 1.165) is 116 Å². The molecule has 0 unspecified atom stereocenters. The summed E-state index contributed by atoms with van der Waals surface area (Å²) >= 11 is 0. The van der Waals surface area contributed by atoms with Crippen LogP contribution in [0.3, 0.4) is 0 Å². The molecule has 6 aromatic rings. The van der Waals surface area contributed by atoms with Crippen LogP contribution in [0, 0.1) is 0 Å². The van der Waals surface area contributed by atoms with Gasteiger partial charge in [0.1, 0.15) is 0 Å². The smallest absolute Gasteiger partial charge is 0.173 e. The first-order valence-electron chi connectivity index (χ1n) is 22.7. The number of piperazine rings is 2. The van der Waals surface area contributed by atoms with Crippen molar-refractivity contribution < 1.29 is 0 Å². The van der Waals surface area contributed by atoms with Gasteiger partial charge in [0.05, 0.1) is 12.1 Å². The average molecular weight is 833 g/mol. The first kappa shape index (κ1) is 44.4. The molecule has 0 saturated carbocycles. The zero-order chi connectivity index (χ0) is 42.6. The number of unbranched alkanes of at least 4 members (excludes halogenated alkanes) is 2.